The van der Waals surface area contributed by atoms with Crippen LogP contribution in [0.4, 0.5) is 5.82 Å². The Balaban J connectivity index is 2.70. The highest BCUT2D eigenvalue weighted by Gasteiger charge is 2.18. The third-order valence-electron chi connectivity index (χ3n) is 2.27. The maximum Gasteiger partial charge on any atom is 0.242 e. The van der Waals surface area contributed by atoms with Gasteiger partial charge >= 0.3 is 0 Å². The molecule has 1 amide bonds. The Hall–Kier alpha value is -1.36. The number of aromatic nitrogens is 2. The van der Waals surface area contributed by atoms with Gasteiger partial charge < -0.3 is 11.1 Å². The average Bonchev–Trinajstić information content (AvgIpc) is 2.43. The van der Waals surface area contributed by atoms with Gasteiger partial charge in [0.15, 0.2) is 0 Å². The van der Waals surface area contributed by atoms with Crippen LogP contribution in [0.25, 0.3) is 0 Å². The summed E-state index contributed by atoms with van der Waals surface area (Å²) in [5.41, 5.74) is 6.59. The molecule has 15 heavy (non-hydrogen) atoms. The van der Waals surface area contributed by atoms with Gasteiger partial charge in [-0.1, -0.05) is 13.8 Å². The van der Waals surface area contributed by atoms with Crippen LogP contribution in [-0.4, -0.2) is 21.7 Å². The number of carbonyl (C=O) groups excluding carboxylic acids is 1. The molecule has 0 aliphatic heterocycles. The Morgan fingerprint density at radius 2 is 2.20 bits per heavy atom. The van der Waals surface area contributed by atoms with E-state index in [0.29, 0.717) is 5.82 Å². The van der Waals surface area contributed by atoms with Gasteiger partial charge in [0.25, 0.3) is 0 Å². The number of hydrogen-bond acceptors (Lipinski definition) is 3. The summed E-state index contributed by atoms with van der Waals surface area (Å²) in [6, 6.07) is 1.32. The minimum Gasteiger partial charge on any atom is -0.320 e. The van der Waals surface area contributed by atoms with Crippen molar-refractivity contribution in [3.8, 4) is 0 Å². The summed E-state index contributed by atoms with van der Waals surface area (Å²) in [6.45, 7) is 5.70. The van der Waals surface area contributed by atoms with Gasteiger partial charge in [0, 0.05) is 13.1 Å². The summed E-state index contributed by atoms with van der Waals surface area (Å²) in [5, 5.41) is 6.88. The van der Waals surface area contributed by atoms with Crippen LogP contribution in [0.15, 0.2) is 6.07 Å². The molecule has 1 aromatic rings. The standard InChI is InChI=1S/C10H18N4O/c1-6(2)9(11)10(15)12-8-5-7(3)13-14(8)4/h5-6,9H,11H2,1-4H3,(H,12,15)/t9-/m0/s1. The van der Waals surface area contributed by atoms with Crippen molar-refractivity contribution in [2.24, 2.45) is 18.7 Å². The zero-order valence-electron chi connectivity index (χ0n) is 9.61. The third kappa shape index (κ3) is 2.79. The van der Waals surface area contributed by atoms with Crippen LogP contribution >= 0.6 is 0 Å². The van der Waals surface area contributed by atoms with E-state index in [-0.39, 0.29) is 11.8 Å². The molecule has 0 aromatic carbocycles. The fourth-order valence-corrected chi connectivity index (χ4v) is 1.24. The van der Waals surface area contributed by atoms with Crippen molar-refractivity contribution in [1.82, 2.24) is 9.78 Å². The molecule has 1 atom stereocenters. The summed E-state index contributed by atoms with van der Waals surface area (Å²) in [6.07, 6.45) is 0. The van der Waals surface area contributed by atoms with E-state index in [9.17, 15) is 4.79 Å². The first-order valence-electron chi connectivity index (χ1n) is 4.99. The molecule has 0 fully saturated rings. The lowest BCUT2D eigenvalue weighted by molar-refractivity contribution is -0.118. The van der Waals surface area contributed by atoms with E-state index in [2.05, 4.69) is 10.4 Å². The van der Waals surface area contributed by atoms with Gasteiger partial charge in [-0.15, -0.1) is 0 Å². The second-order valence-corrected chi connectivity index (χ2v) is 4.05. The molecular formula is C10H18N4O. The summed E-state index contributed by atoms with van der Waals surface area (Å²) in [5.74, 6) is 0.626. The highest BCUT2D eigenvalue weighted by molar-refractivity contribution is 5.94. The maximum absolute atomic E-state index is 11.6. The molecule has 5 heteroatoms. The van der Waals surface area contributed by atoms with Crippen LogP contribution in [0, 0.1) is 12.8 Å². The summed E-state index contributed by atoms with van der Waals surface area (Å²) >= 11 is 0. The lowest BCUT2D eigenvalue weighted by Gasteiger charge is -2.14. The molecule has 0 aliphatic rings. The van der Waals surface area contributed by atoms with Gasteiger partial charge in [0.2, 0.25) is 5.91 Å². The van der Waals surface area contributed by atoms with E-state index in [1.54, 1.807) is 11.7 Å². The van der Waals surface area contributed by atoms with Crippen LogP contribution in [0.1, 0.15) is 19.5 Å². The van der Waals surface area contributed by atoms with Gasteiger partial charge in [-0.3, -0.25) is 9.48 Å². The van der Waals surface area contributed by atoms with E-state index in [1.807, 2.05) is 26.8 Å². The number of carbonyl (C=O) groups is 1. The third-order valence-corrected chi connectivity index (χ3v) is 2.27. The van der Waals surface area contributed by atoms with E-state index in [0.717, 1.165) is 5.69 Å². The van der Waals surface area contributed by atoms with Crippen LogP contribution in [0.2, 0.25) is 0 Å². The number of hydrogen-bond donors (Lipinski definition) is 2. The SMILES string of the molecule is Cc1cc(NC(=O)[C@@H](N)C(C)C)n(C)n1. The Morgan fingerprint density at radius 3 is 2.60 bits per heavy atom. The number of rotatable bonds is 3. The summed E-state index contributed by atoms with van der Waals surface area (Å²) < 4.78 is 1.63. The second kappa shape index (κ2) is 4.44. The lowest BCUT2D eigenvalue weighted by Crippen LogP contribution is -2.40. The monoisotopic (exact) mass is 210 g/mol. The quantitative estimate of drug-likeness (QED) is 0.769. The van der Waals surface area contributed by atoms with Crippen molar-refractivity contribution >= 4 is 11.7 Å². The van der Waals surface area contributed by atoms with Crippen LogP contribution in [0.3, 0.4) is 0 Å². The molecule has 1 heterocycles. The van der Waals surface area contributed by atoms with E-state index in [4.69, 9.17) is 5.73 Å². The van der Waals surface area contributed by atoms with Crippen LogP contribution < -0.4 is 11.1 Å². The molecule has 5 nitrogen and oxygen atoms in total. The molecule has 84 valence electrons. The predicted molar refractivity (Wildman–Crippen MR) is 59.4 cm³/mol. The minimum absolute atomic E-state index is 0.124. The van der Waals surface area contributed by atoms with Gasteiger partial charge in [-0.25, -0.2) is 0 Å². The second-order valence-electron chi connectivity index (χ2n) is 4.05. The number of amides is 1. The molecule has 0 spiro atoms. The van der Waals surface area contributed by atoms with Gasteiger partial charge in [0.05, 0.1) is 11.7 Å². The number of anilines is 1. The number of nitrogens with two attached hydrogens (primary N) is 1. The first-order valence-corrected chi connectivity index (χ1v) is 4.99. The molecule has 0 unspecified atom stereocenters. The highest BCUT2D eigenvalue weighted by atomic mass is 16.2. The summed E-state index contributed by atoms with van der Waals surface area (Å²) in [4.78, 5) is 11.6. The van der Waals surface area contributed by atoms with Gasteiger partial charge in [-0.05, 0) is 12.8 Å². The normalized spacial score (nSPS) is 12.9. The minimum atomic E-state index is -0.486. The number of nitrogens with zero attached hydrogens (tertiary/aromatic N) is 2. The van der Waals surface area contributed by atoms with Crippen molar-refractivity contribution in [3.63, 3.8) is 0 Å². The molecule has 0 bridgehead atoms. The highest BCUT2D eigenvalue weighted by Crippen LogP contribution is 2.09. The molecule has 1 rings (SSSR count). The predicted octanol–water partition coefficient (Wildman–Crippen LogP) is 0.650. The molecule has 1 aromatic heterocycles. The van der Waals surface area contributed by atoms with Crippen molar-refractivity contribution in [2.45, 2.75) is 26.8 Å². The fourth-order valence-electron chi connectivity index (χ4n) is 1.24. The molecule has 3 N–H and O–H groups in total. The molecule has 0 radical (unpaired) electrons. The fraction of sp³-hybridized carbons (Fsp3) is 0.600. The first-order chi connectivity index (χ1) is 6.91. The lowest BCUT2D eigenvalue weighted by atomic mass is 10.1. The number of nitrogens with one attached hydrogen (secondary N) is 1. The Morgan fingerprint density at radius 1 is 1.60 bits per heavy atom. The van der Waals surface area contributed by atoms with Crippen molar-refractivity contribution in [2.75, 3.05) is 5.32 Å². The van der Waals surface area contributed by atoms with Crippen LogP contribution in [0.5, 0.6) is 0 Å². The van der Waals surface area contributed by atoms with Gasteiger partial charge in [-0.2, -0.15) is 5.10 Å². The Labute approximate surface area is 89.6 Å². The molecule has 0 aliphatic carbocycles. The molecular weight excluding hydrogens is 192 g/mol. The Kier molecular flexibility index (Phi) is 3.47. The largest absolute Gasteiger partial charge is 0.320 e. The van der Waals surface area contributed by atoms with Crippen molar-refractivity contribution in [1.29, 1.82) is 0 Å². The zero-order valence-corrected chi connectivity index (χ0v) is 9.61. The Bertz CT molecular complexity index is 356. The molecule has 0 saturated carbocycles. The molecule has 0 saturated heterocycles. The smallest absolute Gasteiger partial charge is 0.242 e. The average molecular weight is 210 g/mol. The summed E-state index contributed by atoms with van der Waals surface area (Å²) in [7, 11) is 1.78. The van der Waals surface area contributed by atoms with Crippen molar-refractivity contribution in [3.05, 3.63) is 11.8 Å². The topological polar surface area (TPSA) is 72.9 Å². The van der Waals surface area contributed by atoms with Crippen molar-refractivity contribution < 1.29 is 4.79 Å². The van der Waals surface area contributed by atoms with Gasteiger partial charge in [0.1, 0.15) is 5.82 Å². The van der Waals surface area contributed by atoms with Crippen LogP contribution in [-0.2, 0) is 11.8 Å². The van der Waals surface area contributed by atoms with E-state index < -0.39 is 6.04 Å². The number of aryl methyl sites for hydroxylation is 2. The van der Waals surface area contributed by atoms with E-state index >= 15 is 0 Å². The zero-order chi connectivity index (χ0) is 11.6. The first kappa shape index (κ1) is 11.7. The maximum atomic E-state index is 11.6. The van der Waals surface area contributed by atoms with E-state index in [1.165, 1.54) is 0 Å².